The summed E-state index contributed by atoms with van der Waals surface area (Å²) in [5.74, 6) is 0.431. The molecule has 6 heteroatoms. The van der Waals surface area contributed by atoms with Gasteiger partial charge in [-0.15, -0.1) is 0 Å². The summed E-state index contributed by atoms with van der Waals surface area (Å²) in [6.45, 7) is 3.68. The van der Waals surface area contributed by atoms with Crippen LogP contribution in [0.25, 0.3) is 0 Å². The standard InChI is InChI=1S/C14H19BrN2O3/c15-13-6-12(7-16-8-13)14(18)17-3-1-4-19-9-11-2-5-20-10-11/h6-8,11H,1-5,9-10H2,(H,17,18). The quantitative estimate of drug-likeness (QED) is 0.770. The van der Waals surface area contributed by atoms with Gasteiger partial charge in [0, 0.05) is 42.5 Å². The van der Waals surface area contributed by atoms with Crippen LogP contribution in [0, 0.1) is 5.92 Å². The second-order valence-electron chi connectivity index (χ2n) is 4.81. The number of rotatable bonds is 7. The molecule has 0 saturated carbocycles. The molecule has 0 aliphatic carbocycles. The first-order chi connectivity index (χ1) is 9.75. The van der Waals surface area contributed by atoms with Crippen LogP contribution in [0.5, 0.6) is 0 Å². The van der Waals surface area contributed by atoms with Gasteiger partial charge in [0.05, 0.1) is 18.8 Å². The highest BCUT2D eigenvalue weighted by molar-refractivity contribution is 9.10. The Morgan fingerprint density at radius 3 is 3.20 bits per heavy atom. The zero-order valence-corrected chi connectivity index (χ0v) is 12.9. The summed E-state index contributed by atoms with van der Waals surface area (Å²) in [4.78, 5) is 15.8. The molecule has 0 radical (unpaired) electrons. The predicted octanol–water partition coefficient (Wildman–Crippen LogP) is 2.02. The summed E-state index contributed by atoms with van der Waals surface area (Å²) in [5.41, 5.74) is 0.559. The lowest BCUT2D eigenvalue weighted by Gasteiger charge is -2.09. The Morgan fingerprint density at radius 2 is 2.45 bits per heavy atom. The summed E-state index contributed by atoms with van der Waals surface area (Å²) >= 11 is 3.29. The fourth-order valence-electron chi connectivity index (χ4n) is 1.98. The normalized spacial score (nSPS) is 18.1. The highest BCUT2D eigenvalue weighted by Gasteiger charge is 2.15. The van der Waals surface area contributed by atoms with Gasteiger partial charge in [0.15, 0.2) is 0 Å². The fraction of sp³-hybridized carbons (Fsp3) is 0.571. The Kier molecular flexibility index (Phi) is 6.42. The molecule has 1 aliphatic rings. The largest absolute Gasteiger partial charge is 0.381 e. The van der Waals surface area contributed by atoms with Crippen LogP contribution in [0.15, 0.2) is 22.9 Å². The van der Waals surface area contributed by atoms with Gasteiger partial charge in [-0.2, -0.15) is 0 Å². The number of hydrogen-bond acceptors (Lipinski definition) is 4. The van der Waals surface area contributed by atoms with Crippen molar-refractivity contribution in [3.8, 4) is 0 Å². The maximum Gasteiger partial charge on any atom is 0.252 e. The van der Waals surface area contributed by atoms with E-state index in [0.717, 1.165) is 37.1 Å². The molecule has 0 bridgehead atoms. The van der Waals surface area contributed by atoms with Crippen LogP contribution in [0.2, 0.25) is 0 Å². The van der Waals surface area contributed by atoms with Crippen LogP contribution in [0.3, 0.4) is 0 Å². The van der Waals surface area contributed by atoms with Crippen molar-refractivity contribution in [2.75, 3.05) is 33.0 Å². The predicted molar refractivity (Wildman–Crippen MR) is 78.6 cm³/mol. The molecule has 1 fully saturated rings. The topological polar surface area (TPSA) is 60.5 Å². The number of nitrogens with one attached hydrogen (secondary N) is 1. The molecule has 20 heavy (non-hydrogen) atoms. The minimum Gasteiger partial charge on any atom is -0.381 e. The van der Waals surface area contributed by atoms with Crippen molar-refractivity contribution < 1.29 is 14.3 Å². The van der Waals surface area contributed by atoms with Gasteiger partial charge >= 0.3 is 0 Å². The average molecular weight is 343 g/mol. The van der Waals surface area contributed by atoms with Crippen molar-refractivity contribution >= 4 is 21.8 Å². The van der Waals surface area contributed by atoms with Crippen molar-refractivity contribution in [2.45, 2.75) is 12.8 Å². The summed E-state index contributed by atoms with van der Waals surface area (Å²) in [7, 11) is 0. The molecule has 1 aromatic heterocycles. The van der Waals surface area contributed by atoms with Crippen LogP contribution in [-0.2, 0) is 9.47 Å². The molecule has 1 aliphatic heterocycles. The van der Waals surface area contributed by atoms with Gasteiger partial charge in [0.25, 0.3) is 5.91 Å². The number of hydrogen-bond donors (Lipinski definition) is 1. The Bertz CT molecular complexity index is 436. The van der Waals surface area contributed by atoms with E-state index in [1.165, 1.54) is 0 Å². The van der Waals surface area contributed by atoms with E-state index in [9.17, 15) is 4.79 Å². The molecule has 1 atom stereocenters. The van der Waals surface area contributed by atoms with Crippen LogP contribution in [0.4, 0.5) is 0 Å². The first kappa shape index (κ1) is 15.4. The second-order valence-corrected chi connectivity index (χ2v) is 5.72. The summed E-state index contributed by atoms with van der Waals surface area (Å²) in [5, 5.41) is 2.85. The zero-order chi connectivity index (χ0) is 14.2. The first-order valence-corrected chi connectivity index (χ1v) is 7.59. The Morgan fingerprint density at radius 1 is 1.55 bits per heavy atom. The molecule has 1 unspecified atom stereocenters. The third-order valence-corrected chi connectivity index (χ3v) is 3.53. The number of carbonyl (C=O) groups is 1. The van der Waals surface area contributed by atoms with E-state index in [0.29, 0.717) is 24.6 Å². The maximum atomic E-state index is 11.8. The van der Waals surface area contributed by atoms with Crippen molar-refractivity contribution in [3.05, 3.63) is 28.5 Å². The molecule has 1 aromatic rings. The summed E-state index contributed by atoms with van der Waals surface area (Å²) in [6, 6.07) is 1.75. The number of pyridine rings is 1. The Labute approximate surface area is 127 Å². The minimum atomic E-state index is -0.108. The monoisotopic (exact) mass is 342 g/mol. The zero-order valence-electron chi connectivity index (χ0n) is 11.3. The van der Waals surface area contributed by atoms with Crippen LogP contribution in [-0.4, -0.2) is 43.9 Å². The van der Waals surface area contributed by atoms with Gasteiger partial charge in [0.1, 0.15) is 0 Å². The smallest absolute Gasteiger partial charge is 0.252 e. The lowest BCUT2D eigenvalue weighted by Crippen LogP contribution is -2.25. The number of amides is 1. The Hall–Kier alpha value is -0.980. The van der Waals surface area contributed by atoms with E-state index >= 15 is 0 Å². The number of halogens is 1. The lowest BCUT2D eigenvalue weighted by atomic mass is 10.1. The summed E-state index contributed by atoms with van der Waals surface area (Å²) in [6.07, 6.45) is 5.10. The van der Waals surface area contributed by atoms with Gasteiger partial charge in [-0.25, -0.2) is 0 Å². The first-order valence-electron chi connectivity index (χ1n) is 6.80. The van der Waals surface area contributed by atoms with E-state index < -0.39 is 0 Å². The molecule has 5 nitrogen and oxygen atoms in total. The number of carbonyl (C=O) groups excluding carboxylic acids is 1. The van der Waals surface area contributed by atoms with E-state index in [2.05, 4.69) is 26.2 Å². The molecule has 0 spiro atoms. The van der Waals surface area contributed by atoms with Gasteiger partial charge in [0.2, 0.25) is 0 Å². The number of nitrogens with zero attached hydrogens (tertiary/aromatic N) is 1. The molecule has 0 aromatic carbocycles. The number of ether oxygens (including phenoxy) is 2. The van der Waals surface area contributed by atoms with Gasteiger partial charge in [-0.05, 0) is 34.8 Å². The van der Waals surface area contributed by atoms with Crippen LogP contribution >= 0.6 is 15.9 Å². The van der Waals surface area contributed by atoms with Gasteiger partial charge in [-0.3, -0.25) is 9.78 Å². The van der Waals surface area contributed by atoms with E-state index in [1.54, 1.807) is 18.5 Å². The molecule has 1 N–H and O–H groups in total. The van der Waals surface area contributed by atoms with Crippen molar-refractivity contribution in [2.24, 2.45) is 5.92 Å². The molecule has 2 rings (SSSR count). The molecular formula is C14H19BrN2O3. The van der Waals surface area contributed by atoms with Gasteiger partial charge < -0.3 is 14.8 Å². The number of aromatic nitrogens is 1. The van der Waals surface area contributed by atoms with Crippen molar-refractivity contribution in [3.63, 3.8) is 0 Å². The third kappa shape index (κ3) is 5.19. The molecule has 2 heterocycles. The highest BCUT2D eigenvalue weighted by Crippen LogP contribution is 2.12. The minimum absolute atomic E-state index is 0.108. The SMILES string of the molecule is O=C(NCCCOCC1CCOC1)c1cncc(Br)c1. The average Bonchev–Trinajstić information content (AvgIpc) is 2.95. The Balaban J connectivity index is 1.55. The van der Waals surface area contributed by atoms with Crippen LogP contribution < -0.4 is 5.32 Å². The van der Waals surface area contributed by atoms with E-state index in [1.807, 2.05) is 0 Å². The van der Waals surface area contributed by atoms with Gasteiger partial charge in [-0.1, -0.05) is 0 Å². The van der Waals surface area contributed by atoms with Crippen molar-refractivity contribution in [1.29, 1.82) is 0 Å². The second kappa shape index (κ2) is 8.34. The molecule has 110 valence electrons. The fourth-order valence-corrected chi connectivity index (χ4v) is 2.34. The highest BCUT2D eigenvalue weighted by atomic mass is 79.9. The third-order valence-electron chi connectivity index (χ3n) is 3.10. The van der Waals surface area contributed by atoms with E-state index in [4.69, 9.17) is 9.47 Å². The van der Waals surface area contributed by atoms with E-state index in [-0.39, 0.29) is 5.91 Å². The molecule has 1 amide bonds. The van der Waals surface area contributed by atoms with Crippen LogP contribution in [0.1, 0.15) is 23.2 Å². The maximum absolute atomic E-state index is 11.8. The lowest BCUT2D eigenvalue weighted by molar-refractivity contribution is 0.0853. The molecule has 1 saturated heterocycles. The summed E-state index contributed by atoms with van der Waals surface area (Å²) < 4.78 is 11.7. The molecular weight excluding hydrogens is 324 g/mol. The van der Waals surface area contributed by atoms with Crippen molar-refractivity contribution in [1.82, 2.24) is 10.3 Å².